The van der Waals surface area contributed by atoms with Crippen LogP contribution in [0.4, 0.5) is 11.5 Å². The smallest absolute Gasteiger partial charge is 0.341 e. The SMILES string of the molecule is CCOc1ccc(Nc2ncccc2C(=O)OCCn2cccn2)cc1. The number of ether oxygens (including phenoxy) is 2. The van der Waals surface area contributed by atoms with Gasteiger partial charge < -0.3 is 14.8 Å². The molecule has 7 heteroatoms. The van der Waals surface area contributed by atoms with E-state index in [1.807, 2.05) is 43.5 Å². The fraction of sp³-hybridized carbons (Fsp3) is 0.211. The normalized spacial score (nSPS) is 10.3. The third kappa shape index (κ3) is 4.60. The maximum absolute atomic E-state index is 12.4. The molecule has 0 fully saturated rings. The highest BCUT2D eigenvalue weighted by atomic mass is 16.5. The number of anilines is 2. The molecule has 3 aromatic rings. The minimum Gasteiger partial charge on any atom is -0.494 e. The molecule has 134 valence electrons. The lowest BCUT2D eigenvalue weighted by Crippen LogP contribution is -2.13. The van der Waals surface area contributed by atoms with Crippen molar-refractivity contribution in [2.45, 2.75) is 13.5 Å². The molecule has 0 aliphatic heterocycles. The van der Waals surface area contributed by atoms with Gasteiger partial charge in [-0.3, -0.25) is 4.68 Å². The van der Waals surface area contributed by atoms with Crippen molar-refractivity contribution in [3.05, 3.63) is 66.6 Å². The number of aromatic nitrogens is 3. The summed E-state index contributed by atoms with van der Waals surface area (Å²) in [6, 6.07) is 12.7. The molecule has 0 bridgehead atoms. The quantitative estimate of drug-likeness (QED) is 0.627. The molecule has 0 aliphatic carbocycles. The highest BCUT2D eigenvalue weighted by molar-refractivity contribution is 5.95. The molecule has 1 N–H and O–H groups in total. The molecular weight excluding hydrogens is 332 g/mol. The van der Waals surface area contributed by atoms with E-state index in [1.165, 1.54) is 0 Å². The monoisotopic (exact) mass is 352 g/mol. The molecule has 0 spiro atoms. The first-order chi connectivity index (χ1) is 12.8. The number of pyridine rings is 1. The van der Waals surface area contributed by atoms with Crippen molar-refractivity contribution in [3.8, 4) is 5.75 Å². The van der Waals surface area contributed by atoms with Gasteiger partial charge in [-0.2, -0.15) is 5.10 Å². The first-order valence-corrected chi connectivity index (χ1v) is 8.35. The van der Waals surface area contributed by atoms with Gasteiger partial charge in [0.05, 0.1) is 13.2 Å². The number of hydrogen-bond donors (Lipinski definition) is 1. The second kappa shape index (κ2) is 8.66. The van der Waals surface area contributed by atoms with E-state index in [4.69, 9.17) is 9.47 Å². The van der Waals surface area contributed by atoms with Gasteiger partial charge in [-0.05, 0) is 49.4 Å². The summed E-state index contributed by atoms with van der Waals surface area (Å²) in [6.45, 7) is 3.28. The van der Waals surface area contributed by atoms with E-state index in [1.54, 1.807) is 29.2 Å². The fourth-order valence-electron chi connectivity index (χ4n) is 2.35. The van der Waals surface area contributed by atoms with Crippen molar-refractivity contribution < 1.29 is 14.3 Å². The van der Waals surface area contributed by atoms with E-state index in [0.717, 1.165) is 11.4 Å². The Labute approximate surface area is 151 Å². The molecule has 0 unspecified atom stereocenters. The summed E-state index contributed by atoms with van der Waals surface area (Å²) in [5, 5.41) is 7.21. The minimum absolute atomic E-state index is 0.234. The number of esters is 1. The summed E-state index contributed by atoms with van der Waals surface area (Å²) < 4.78 is 12.5. The maximum atomic E-state index is 12.4. The second-order valence-corrected chi connectivity index (χ2v) is 5.39. The molecule has 0 saturated carbocycles. The zero-order valence-electron chi connectivity index (χ0n) is 14.5. The predicted octanol–water partition coefficient (Wildman–Crippen LogP) is 3.28. The van der Waals surface area contributed by atoms with Crippen LogP contribution in [0, 0.1) is 0 Å². The van der Waals surface area contributed by atoms with Gasteiger partial charge in [0, 0.05) is 24.3 Å². The van der Waals surface area contributed by atoms with Crippen molar-refractivity contribution in [1.82, 2.24) is 14.8 Å². The molecule has 26 heavy (non-hydrogen) atoms. The van der Waals surface area contributed by atoms with Crippen LogP contribution in [0.5, 0.6) is 5.75 Å². The number of rotatable bonds is 8. The van der Waals surface area contributed by atoms with E-state index in [9.17, 15) is 4.79 Å². The van der Waals surface area contributed by atoms with Gasteiger partial charge in [0.15, 0.2) is 0 Å². The van der Waals surface area contributed by atoms with Crippen LogP contribution < -0.4 is 10.1 Å². The van der Waals surface area contributed by atoms with Crippen LogP contribution >= 0.6 is 0 Å². The third-order valence-electron chi connectivity index (χ3n) is 3.57. The number of carbonyl (C=O) groups excluding carboxylic acids is 1. The average molecular weight is 352 g/mol. The molecule has 1 aromatic carbocycles. The Morgan fingerprint density at radius 1 is 1.15 bits per heavy atom. The van der Waals surface area contributed by atoms with Crippen molar-refractivity contribution in [3.63, 3.8) is 0 Å². The van der Waals surface area contributed by atoms with E-state index >= 15 is 0 Å². The number of hydrogen-bond acceptors (Lipinski definition) is 6. The predicted molar refractivity (Wildman–Crippen MR) is 97.6 cm³/mol. The van der Waals surface area contributed by atoms with Crippen molar-refractivity contribution in [1.29, 1.82) is 0 Å². The summed E-state index contributed by atoms with van der Waals surface area (Å²) >= 11 is 0. The topological polar surface area (TPSA) is 78.3 Å². The zero-order chi connectivity index (χ0) is 18.2. The number of nitrogens with one attached hydrogen (secondary N) is 1. The van der Waals surface area contributed by atoms with Crippen molar-refractivity contribution in [2.75, 3.05) is 18.5 Å². The Kier molecular flexibility index (Phi) is 5.82. The first kappa shape index (κ1) is 17.5. The molecule has 0 atom stereocenters. The molecule has 0 saturated heterocycles. The van der Waals surface area contributed by atoms with Gasteiger partial charge in [-0.25, -0.2) is 9.78 Å². The van der Waals surface area contributed by atoms with Crippen molar-refractivity contribution in [2.24, 2.45) is 0 Å². The summed E-state index contributed by atoms with van der Waals surface area (Å²) in [4.78, 5) is 16.6. The summed E-state index contributed by atoms with van der Waals surface area (Å²) in [5.74, 6) is 0.803. The van der Waals surface area contributed by atoms with Crippen LogP contribution in [0.25, 0.3) is 0 Å². The summed E-state index contributed by atoms with van der Waals surface area (Å²) in [6.07, 6.45) is 5.12. The maximum Gasteiger partial charge on any atom is 0.341 e. The van der Waals surface area contributed by atoms with Gasteiger partial charge in [-0.15, -0.1) is 0 Å². The Morgan fingerprint density at radius 2 is 2.00 bits per heavy atom. The molecule has 0 aliphatic rings. The van der Waals surface area contributed by atoms with Gasteiger partial charge >= 0.3 is 5.97 Å². The molecule has 7 nitrogen and oxygen atoms in total. The molecule has 2 aromatic heterocycles. The minimum atomic E-state index is -0.432. The van der Waals surface area contributed by atoms with Crippen LogP contribution in [0.15, 0.2) is 61.1 Å². The lowest BCUT2D eigenvalue weighted by Gasteiger charge is -2.11. The number of benzene rings is 1. The summed E-state index contributed by atoms with van der Waals surface area (Å²) in [7, 11) is 0. The molecule has 0 amide bonds. The van der Waals surface area contributed by atoms with Crippen LogP contribution in [0.3, 0.4) is 0 Å². The van der Waals surface area contributed by atoms with Gasteiger partial charge in [0.2, 0.25) is 0 Å². The highest BCUT2D eigenvalue weighted by Gasteiger charge is 2.14. The van der Waals surface area contributed by atoms with Crippen LogP contribution in [0.1, 0.15) is 17.3 Å². The first-order valence-electron chi connectivity index (χ1n) is 8.35. The van der Waals surface area contributed by atoms with Crippen molar-refractivity contribution >= 4 is 17.5 Å². The van der Waals surface area contributed by atoms with Crippen LogP contribution in [-0.4, -0.2) is 33.9 Å². The van der Waals surface area contributed by atoms with Crippen LogP contribution in [-0.2, 0) is 11.3 Å². The average Bonchev–Trinajstić information content (AvgIpc) is 3.17. The Bertz CT molecular complexity index is 832. The lowest BCUT2D eigenvalue weighted by molar-refractivity contribution is 0.0488. The molecule has 3 rings (SSSR count). The molecule has 2 heterocycles. The van der Waals surface area contributed by atoms with Gasteiger partial charge in [0.1, 0.15) is 23.7 Å². The lowest BCUT2D eigenvalue weighted by atomic mass is 10.2. The van der Waals surface area contributed by atoms with Gasteiger partial charge in [0.25, 0.3) is 0 Å². The number of nitrogens with zero attached hydrogens (tertiary/aromatic N) is 3. The standard InChI is InChI=1S/C19H20N4O3/c1-2-25-16-8-6-15(7-9-16)22-18-17(5-3-10-20-18)19(24)26-14-13-23-12-4-11-21-23/h3-12H,2,13-14H2,1H3,(H,20,22). The van der Waals surface area contributed by atoms with E-state index in [-0.39, 0.29) is 6.61 Å². The highest BCUT2D eigenvalue weighted by Crippen LogP contribution is 2.21. The molecular formula is C19H20N4O3. The Balaban J connectivity index is 1.64. The summed E-state index contributed by atoms with van der Waals surface area (Å²) in [5.41, 5.74) is 1.18. The van der Waals surface area contributed by atoms with Gasteiger partial charge in [-0.1, -0.05) is 0 Å². The fourth-order valence-corrected chi connectivity index (χ4v) is 2.35. The largest absolute Gasteiger partial charge is 0.494 e. The Hall–Kier alpha value is -3.35. The van der Waals surface area contributed by atoms with E-state index in [0.29, 0.717) is 24.5 Å². The van der Waals surface area contributed by atoms with E-state index in [2.05, 4.69) is 15.4 Å². The third-order valence-corrected chi connectivity index (χ3v) is 3.57. The zero-order valence-corrected chi connectivity index (χ0v) is 14.5. The molecule has 0 radical (unpaired) electrons. The van der Waals surface area contributed by atoms with Crippen LogP contribution in [0.2, 0.25) is 0 Å². The van der Waals surface area contributed by atoms with E-state index < -0.39 is 5.97 Å². The Morgan fingerprint density at radius 3 is 2.73 bits per heavy atom. The number of carbonyl (C=O) groups is 1. The second-order valence-electron chi connectivity index (χ2n) is 5.39.